The molecular formula is C14H19NO4. The highest BCUT2D eigenvalue weighted by atomic mass is 16.5. The van der Waals surface area contributed by atoms with Gasteiger partial charge in [0, 0.05) is 12.7 Å². The summed E-state index contributed by atoms with van der Waals surface area (Å²) in [5, 5.41) is 2.97. The van der Waals surface area contributed by atoms with Crippen LogP contribution in [0.25, 0.3) is 0 Å². The van der Waals surface area contributed by atoms with Crippen molar-refractivity contribution in [3.8, 4) is 11.5 Å². The van der Waals surface area contributed by atoms with Gasteiger partial charge in [-0.2, -0.15) is 0 Å². The molecule has 0 radical (unpaired) electrons. The summed E-state index contributed by atoms with van der Waals surface area (Å²) in [7, 11) is 3.13. The Kier molecular flexibility index (Phi) is 4.63. The van der Waals surface area contributed by atoms with E-state index in [-0.39, 0.29) is 18.6 Å². The van der Waals surface area contributed by atoms with E-state index in [1.54, 1.807) is 7.11 Å². The average molecular weight is 265 g/mol. The van der Waals surface area contributed by atoms with Crippen molar-refractivity contribution < 1.29 is 19.0 Å². The maximum Gasteiger partial charge on any atom is 0.246 e. The molecule has 1 aliphatic rings. The summed E-state index contributed by atoms with van der Waals surface area (Å²) in [6.07, 6.45) is 1.74. The van der Waals surface area contributed by atoms with Gasteiger partial charge >= 0.3 is 0 Å². The van der Waals surface area contributed by atoms with Crippen LogP contribution >= 0.6 is 0 Å². The van der Waals surface area contributed by atoms with Gasteiger partial charge in [0.05, 0.1) is 19.8 Å². The molecule has 1 amide bonds. The summed E-state index contributed by atoms with van der Waals surface area (Å²) in [4.78, 5) is 11.7. The van der Waals surface area contributed by atoms with Crippen LogP contribution in [0.15, 0.2) is 18.2 Å². The van der Waals surface area contributed by atoms with Gasteiger partial charge in [-0.15, -0.1) is 0 Å². The summed E-state index contributed by atoms with van der Waals surface area (Å²) in [5.41, 5.74) is 0.960. The lowest BCUT2D eigenvalue weighted by Crippen LogP contribution is -2.31. The highest BCUT2D eigenvalue weighted by Crippen LogP contribution is 2.34. The lowest BCUT2D eigenvalue weighted by atomic mass is 10.0. The number of benzene rings is 1. The van der Waals surface area contributed by atoms with Gasteiger partial charge in [-0.25, -0.2) is 0 Å². The van der Waals surface area contributed by atoms with Crippen molar-refractivity contribution in [2.75, 3.05) is 27.4 Å². The number of hydrogen-bond acceptors (Lipinski definition) is 4. The molecule has 19 heavy (non-hydrogen) atoms. The van der Waals surface area contributed by atoms with Gasteiger partial charge in [-0.05, 0) is 31.0 Å². The van der Waals surface area contributed by atoms with E-state index in [1.807, 2.05) is 18.2 Å². The van der Waals surface area contributed by atoms with Gasteiger partial charge in [0.1, 0.15) is 18.1 Å². The van der Waals surface area contributed by atoms with Crippen molar-refractivity contribution in [3.63, 3.8) is 0 Å². The molecule has 0 aromatic heterocycles. The molecule has 0 spiro atoms. The molecule has 1 aromatic carbocycles. The zero-order valence-electron chi connectivity index (χ0n) is 11.3. The molecule has 0 saturated heterocycles. The van der Waals surface area contributed by atoms with Crippen molar-refractivity contribution in [3.05, 3.63) is 23.8 Å². The molecule has 1 atom stereocenters. The maximum atomic E-state index is 11.7. The zero-order valence-corrected chi connectivity index (χ0v) is 11.3. The minimum absolute atomic E-state index is 0.0600. The number of carbonyl (C=O) groups is 1. The van der Waals surface area contributed by atoms with Gasteiger partial charge in [-0.1, -0.05) is 0 Å². The van der Waals surface area contributed by atoms with E-state index in [0.29, 0.717) is 6.61 Å². The van der Waals surface area contributed by atoms with Crippen LogP contribution in [0.2, 0.25) is 0 Å². The maximum absolute atomic E-state index is 11.7. The van der Waals surface area contributed by atoms with Gasteiger partial charge in [0.15, 0.2) is 0 Å². The smallest absolute Gasteiger partial charge is 0.246 e. The van der Waals surface area contributed by atoms with Crippen molar-refractivity contribution in [1.82, 2.24) is 5.32 Å². The Morgan fingerprint density at radius 2 is 2.32 bits per heavy atom. The van der Waals surface area contributed by atoms with E-state index in [2.05, 4.69) is 5.32 Å². The topological polar surface area (TPSA) is 56.8 Å². The fourth-order valence-electron chi connectivity index (χ4n) is 2.20. The molecular weight excluding hydrogens is 246 g/mol. The molecule has 0 saturated carbocycles. The van der Waals surface area contributed by atoms with Crippen LogP contribution in [0.3, 0.4) is 0 Å². The molecule has 2 rings (SSSR count). The van der Waals surface area contributed by atoms with Gasteiger partial charge < -0.3 is 19.5 Å². The number of rotatable bonds is 4. The van der Waals surface area contributed by atoms with Crippen LogP contribution in [0.1, 0.15) is 24.4 Å². The Morgan fingerprint density at radius 3 is 3.05 bits per heavy atom. The molecule has 1 N–H and O–H groups in total. The Morgan fingerprint density at radius 1 is 1.47 bits per heavy atom. The summed E-state index contributed by atoms with van der Waals surface area (Å²) in [5.74, 6) is 1.44. The quantitative estimate of drug-likeness (QED) is 0.899. The van der Waals surface area contributed by atoms with Gasteiger partial charge in [0.25, 0.3) is 0 Å². The first-order valence-electron chi connectivity index (χ1n) is 6.33. The number of amides is 1. The van der Waals surface area contributed by atoms with Gasteiger partial charge in [-0.3, -0.25) is 4.79 Å². The standard InChI is InChI=1S/C14H19NO4/c1-17-9-14(16)15-12-4-3-7-19-13-6-5-10(18-2)8-11(12)13/h5-6,8,12H,3-4,7,9H2,1-2H3,(H,15,16). The molecule has 1 heterocycles. The highest BCUT2D eigenvalue weighted by Gasteiger charge is 2.22. The fraction of sp³-hybridized carbons (Fsp3) is 0.500. The summed E-state index contributed by atoms with van der Waals surface area (Å²) >= 11 is 0. The third kappa shape index (κ3) is 3.38. The first-order valence-corrected chi connectivity index (χ1v) is 6.33. The minimum atomic E-state index is -0.122. The molecule has 1 aliphatic heterocycles. The Hall–Kier alpha value is -1.75. The number of nitrogens with one attached hydrogen (secondary N) is 1. The van der Waals surface area contributed by atoms with Crippen molar-refractivity contribution >= 4 is 5.91 Å². The molecule has 104 valence electrons. The molecule has 1 unspecified atom stereocenters. The molecule has 5 heteroatoms. The van der Waals surface area contributed by atoms with Crippen molar-refractivity contribution in [2.45, 2.75) is 18.9 Å². The van der Waals surface area contributed by atoms with Crippen LogP contribution in [0.4, 0.5) is 0 Å². The Balaban J connectivity index is 2.22. The van der Waals surface area contributed by atoms with Gasteiger partial charge in [0.2, 0.25) is 5.91 Å². The summed E-state index contributed by atoms with van der Waals surface area (Å²) < 4.78 is 15.8. The average Bonchev–Trinajstić information content (AvgIpc) is 2.61. The van der Waals surface area contributed by atoms with Crippen LogP contribution in [0.5, 0.6) is 11.5 Å². The van der Waals surface area contributed by atoms with Crippen LogP contribution in [-0.4, -0.2) is 33.3 Å². The second-order valence-corrected chi connectivity index (χ2v) is 4.45. The Bertz CT molecular complexity index is 447. The fourth-order valence-corrected chi connectivity index (χ4v) is 2.20. The van der Waals surface area contributed by atoms with E-state index in [4.69, 9.17) is 14.2 Å². The SMILES string of the molecule is COCC(=O)NC1CCCOc2ccc(OC)cc21. The van der Waals surface area contributed by atoms with E-state index < -0.39 is 0 Å². The highest BCUT2D eigenvalue weighted by molar-refractivity contribution is 5.77. The third-order valence-corrected chi connectivity index (χ3v) is 3.10. The second-order valence-electron chi connectivity index (χ2n) is 4.45. The first-order chi connectivity index (χ1) is 9.24. The molecule has 0 fully saturated rings. The molecule has 5 nitrogen and oxygen atoms in total. The predicted octanol–water partition coefficient (Wildman–Crippen LogP) is 1.67. The van der Waals surface area contributed by atoms with E-state index in [1.165, 1.54) is 7.11 Å². The van der Waals surface area contributed by atoms with Crippen molar-refractivity contribution in [2.24, 2.45) is 0 Å². The molecule has 0 aliphatic carbocycles. The summed E-state index contributed by atoms with van der Waals surface area (Å²) in [6, 6.07) is 5.60. The van der Waals surface area contributed by atoms with E-state index in [9.17, 15) is 4.79 Å². The van der Waals surface area contributed by atoms with Crippen LogP contribution in [-0.2, 0) is 9.53 Å². The number of methoxy groups -OCH3 is 2. The second kappa shape index (κ2) is 6.43. The first kappa shape index (κ1) is 13.7. The number of hydrogen-bond donors (Lipinski definition) is 1. The largest absolute Gasteiger partial charge is 0.497 e. The zero-order chi connectivity index (χ0) is 13.7. The predicted molar refractivity (Wildman–Crippen MR) is 70.5 cm³/mol. The van der Waals surface area contributed by atoms with Crippen LogP contribution < -0.4 is 14.8 Å². The number of ether oxygens (including phenoxy) is 3. The van der Waals surface area contributed by atoms with E-state index >= 15 is 0 Å². The normalized spacial score (nSPS) is 17.9. The molecule has 1 aromatic rings. The Labute approximate surface area is 112 Å². The minimum Gasteiger partial charge on any atom is -0.497 e. The van der Waals surface area contributed by atoms with Crippen molar-refractivity contribution in [1.29, 1.82) is 0 Å². The molecule has 0 bridgehead atoms. The lowest BCUT2D eigenvalue weighted by Gasteiger charge is -2.19. The van der Waals surface area contributed by atoms with Crippen LogP contribution in [0, 0.1) is 0 Å². The van der Waals surface area contributed by atoms with E-state index in [0.717, 1.165) is 29.9 Å². The monoisotopic (exact) mass is 265 g/mol. The number of fused-ring (bicyclic) bond motifs is 1. The number of carbonyl (C=O) groups excluding carboxylic acids is 1. The third-order valence-electron chi connectivity index (χ3n) is 3.10. The lowest BCUT2D eigenvalue weighted by molar-refractivity contribution is -0.125. The summed E-state index contributed by atoms with van der Waals surface area (Å²) in [6.45, 7) is 0.729.